The molecule has 0 bridgehead atoms. The van der Waals surface area contributed by atoms with Gasteiger partial charge in [0, 0.05) is 35.4 Å². The van der Waals surface area contributed by atoms with Crippen LogP contribution in [-0.4, -0.2) is 17.2 Å². The highest BCUT2D eigenvalue weighted by atomic mass is 35.5. The molecule has 2 N–H and O–H groups in total. The Balaban J connectivity index is 1.83. The van der Waals surface area contributed by atoms with Gasteiger partial charge in [0.25, 0.3) is 0 Å². The first-order valence-corrected chi connectivity index (χ1v) is 7.34. The summed E-state index contributed by atoms with van der Waals surface area (Å²) >= 11 is 6.19. The van der Waals surface area contributed by atoms with Crippen LogP contribution in [0, 0.1) is 0 Å². The Kier molecular flexibility index (Phi) is 3.72. The number of fused-ring (bicyclic) bond motifs is 1. The van der Waals surface area contributed by atoms with E-state index in [0.29, 0.717) is 0 Å². The molecule has 1 aliphatic rings. The van der Waals surface area contributed by atoms with Crippen LogP contribution < -0.4 is 10.5 Å². The average Bonchev–Trinajstić information content (AvgIpc) is 2.97. The van der Waals surface area contributed by atoms with Gasteiger partial charge in [0.15, 0.2) is 0 Å². The standard InChI is InChI=1S/C16H19ClN2O/c1-11(18)6-12-2-4-19(9-12)10-14-8-15(17)7-13-3-5-20-16(13)14/h2,4,7-9,11H,3,5-6,10,18H2,1H3. The highest BCUT2D eigenvalue weighted by Crippen LogP contribution is 2.33. The van der Waals surface area contributed by atoms with E-state index in [-0.39, 0.29) is 6.04 Å². The molecule has 0 aliphatic carbocycles. The Morgan fingerprint density at radius 3 is 3.10 bits per heavy atom. The van der Waals surface area contributed by atoms with Gasteiger partial charge in [-0.25, -0.2) is 0 Å². The number of benzene rings is 1. The smallest absolute Gasteiger partial charge is 0.127 e. The number of nitrogens with zero attached hydrogens (tertiary/aromatic N) is 1. The third-order valence-electron chi connectivity index (χ3n) is 3.55. The monoisotopic (exact) mass is 290 g/mol. The van der Waals surface area contributed by atoms with Crippen LogP contribution in [0.1, 0.15) is 23.6 Å². The number of nitrogens with two attached hydrogens (primary N) is 1. The second-order valence-electron chi connectivity index (χ2n) is 5.53. The molecule has 3 rings (SSSR count). The number of rotatable bonds is 4. The molecular formula is C16H19ClN2O. The lowest BCUT2D eigenvalue weighted by molar-refractivity contribution is 0.352. The van der Waals surface area contributed by atoms with Gasteiger partial charge in [0.2, 0.25) is 0 Å². The maximum absolute atomic E-state index is 6.19. The summed E-state index contributed by atoms with van der Waals surface area (Å²) in [5.74, 6) is 1.01. The number of hydrogen-bond donors (Lipinski definition) is 1. The molecule has 1 aromatic heterocycles. The highest BCUT2D eigenvalue weighted by Gasteiger charge is 2.17. The molecular weight excluding hydrogens is 272 g/mol. The molecule has 0 saturated heterocycles. The lowest BCUT2D eigenvalue weighted by atomic mass is 10.1. The Hall–Kier alpha value is -1.45. The van der Waals surface area contributed by atoms with E-state index in [0.717, 1.165) is 42.3 Å². The van der Waals surface area contributed by atoms with E-state index in [1.165, 1.54) is 11.1 Å². The summed E-state index contributed by atoms with van der Waals surface area (Å²) in [7, 11) is 0. The van der Waals surface area contributed by atoms with Gasteiger partial charge < -0.3 is 15.0 Å². The molecule has 2 aromatic rings. The summed E-state index contributed by atoms with van der Waals surface area (Å²) in [4.78, 5) is 0. The zero-order valence-electron chi connectivity index (χ0n) is 11.6. The lowest BCUT2D eigenvalue weighted by Crippen LogP contribution is -2.17. The molecule has 2 heterocycles. The number of ether oxygens (including phenoxy) is 1. The third kappa shape index (κ3) is 2.84. The largest absolute Gasteiger partial charge is 0.493 e. The van der Waals surface area contributed by atoms with Gasteiger partial charge in [-0.15, -0.1) is 0 Å². The minimum atomic E-state index is 0.185. The summed E-state index contributed by atoms with van der Waals surface area (Å²) in [6, 6.07) is 6.31. The Morgan fingerprint density at radius 1 is 1.45 bits per heavy atom. The average molecular weight is 291 g/mol. The summed E-state index contributed by atoms with van der Waals surface area (Å²) in [6.07, 6.45) is 6.08. The van der Waals surface area contributed by atoms with E-state index < -0.39 is 0 Å². The van der Waals surface area contributed by atoms with Crippen molar-refractivity contribution in [1.82, 2.24) is 4.57 Å². The van der Waals surface area contributed by atoms with E-state index in [2.05, 4.69) is 23.0 Å². The van der Waals surface area contributed by atoms with E-state index in [4.69, 9.17) is 22.1 Å². The van der Waals surface area contributed by atoms with E-state index in [1.807, 2.05) is 19.1 Å². The third-order valence-corrected chi connectivity index (χ3v) is 3.77. The van der Waals surface area contributed by atoms with Crippen molar-refractivity contribution >= 4 is 11.6 Å². The van der Waals surface area contributed by atoms with Gasteiger partial charge in [-0.2, -0.15) is 0 Å². The van der Waals surface area contributed by atoms with Crippen LogP contribution in [0.15, 0.2) is 30.6 Å². The summed E-state index contributed by atoms with van der Waals surface area (Å²) < 4.78 is 7.89. The number of aromatic nitrogens is 1. The molecule has 4 heteroatoms. The molecule has 0 saturated carbocycles. The van der Waals surface area contributed by atoms with Gasteiger partial charge in [-0.3, -0.25) is 0 Å². The zero-order valence-corrected chi connectivity index (χ0v) is 12.4. The van der Waals surface area contributed by atoms with E-state index in [9.17, 15) is 0 Å². The molecule has 0 amide bonds. The lowest BCUT2D eigenvalue weighted by Gasteiger charge is -2.10. The fourth-order valence-corrected chi connectivity index (χ4v) is 3.00. The van der Waals surface area contributed by atoms with Gasteiger partial charge in [0.05, 0.1) is 13.2 Å². The minimum Gasteiger partial charge on any atom is -0.493 e. The summed E-state index contributed by atoms with van der Waals surface area (Å²) in [5.41, 5.74) is 9.46. The number of halogens is 1. The van der Waals surface area contributed by atoms with Crippen molar-refractivity contribution in [2.45, 2.75) is 32.4 Å². The maximum Gasteiger partial charge on any atom is 0.127 e. The fourth-order valence-electron chi connectivity index (χ4n) is 2.74. The van der Waals surface area contributed by atoms with Crippen molar-refractivity contribution in [2.24, 2.45) is 5.73 Å². The van der Waals surface area contributed by atoms with Crippen molar-refractivity contribution in [3.63, 3.8) is 0 Å². The minimum absolute atomic E-state index is 0.185. The molecule has 0 radical (unpaired) electrons. The molecule has 0 fully saturated rings. The zero-order chi connectivity index (χ0) is 14.1. The van der Waals surface area contributed by atoms with Gasteiger partial charge >= 0.3 is 0 Å². The van der Waals surface area contributed by atoms with Crippen LogP contribution in [0.3, 0.4) is 0 Å². The van der Waals surface area contributed by atoms with Gasteiger partial charge in [0.1, 0.15) is 5.75 Å². The van der Waals surface area contributed by atoms with E-state index in [1.54, 1.807) is 0 Å². The predicted molar refractivity (Wildman–Crippen MR) is 81.5 cm³/mol. The summed E-state index contributed by atoms with van der Waals surface area (Å²) in [5, 5.41) is 0.784. The number of hydrogen-bond acceptors (Lipinski definition) is 2. The fraction of sp³-hybridized carbons (Fsp3) is 0.375. The first-order valence-electron chi connectivity index (χ1n) is 6.96. The van der Waals surface area contributed by atoms with Crippen LogP contribution in [0.4, 0.5) is 0 Å². The van der Waals surface area contributed by atoms with Crippen LogP contribution in [-0.2, 0) is 19.4 Å². The normalized spacial score (nSPS) is 14.9. The first kappa shape index (κ1) is 13.5. The Morgan fingerprint density at radius 2 is 2.30 bits per heavy atom. The Labute approximate surface area is 124 Å². The second kappa shape index (κ2) is 5.51. The van der Waals surface area contributed by atoms with Crippen LogP contribution in [0.5, 0.6) is 5.75 Å². The van der Waals surface area contributed by atoms with Gasteiger partial charge in [-0.05, 0) is 42.7 Å². The molecule has 0 spiro atoms. The van der Waals surface area contributed by atoms with Crippen LogP contribution >= 0.6 is 11.6 Å². The first-order chi connectivity index (χ1) is 9.61. The molecule has 3 nitrogen and oxygen atoms in total. The SMILES string of the molecule is CC(N)Cc1ccn(Cc2cc(Cl)cc3c2OCC3)c1. The van der Waals surface area contributed by atoms with Crippen LogP contribution in [0.25, 0.3) is 0 Å². The molecule has 20 heavy (non-hydrogen) atoms. The highest BCUT2D eigenvalue weighted by molar-refractivity contribution is 6.30. The summed E-state index contributed by atoms with van der Waals surface area (Å²) in [6.45, 7) is 3.56. The predicted octanol–water partition coefficient (Wildman–Crippen LogP) is 3.01. The molecule has 1 unspecified atom stereocenters. The molecule has 1 aliphatic heterocycles. The molecule has 1 atom stereocenters. The van der Waals surface area contributed by atoms with Crippen LogP contribution in [0.2, 0.25) is 5.02 Å². The van der Waals surface area contributed by atoms with Crippen molar-refractivity contribution in [2.75, 3.05) is 6.61 Å². The van der Waals surface area contributed by atoms with E-state index >= 15 is 0 Å². The molecule has 1 aromatic carbocycles. The molecule has 106 valence electrons. The maximum atomic E-state index is 6.19. The van der Waals surface area contributed by atoms with Crippen molar-refractivity contribution < 1.29 is 4.74 Å². The van der Waals surface area contributed by atoms with Crippen molar-refractivity contribution in [3.8, 4) is 5.75 Å². The Bertz CT molecular complexity index is 619. The second-order valence-corrected chi connectivity index (χ2v) is 5.96. The quantitative estimate of drug-likeness (QED) is 0.940. The van der Waals surface area contributed by atoms with Crippen molar-refractivity contribution in [3.05, 3.63) is 52.3 Å². The van der Waals surface area contributed by atoms with Crippen molar-refractivity contribution in [1.29, 1.82) is 0 Å². The topological polar surface area (TPSA) is 40.2 Å². The van der Waals surface area contributed by atoms with Gasteiger partial charge in [-0.1, -0.05) is 11.6 Å².